The van der Waals surface area contributed by atoms with E-state index in [-0.39, 0.29) is 29.6 Å². The van der Waals surface area contributed by atoms with Crippen molar-refractivity contribution in [1.29, 1.82) is 0 Å². The molecule has 0 aliphatic carbocycles. The number of benzene rings is 1. The van der Waals surface area contributed by atoms with Crippen LogP contribution >= 0.6 is 0 Å². The van der Waals surface area contributed by atoms with Crippen molar-refractivity contribution >= 4 is 37.6 Å². The standard InChI is InChI=1S/C18H30N4O5S2.C2HF3O2/c1-3-4-11-22(14-15-28(24,25)21-12-9-19-10-13-21)29(26,27)18-7-5-17(6-8-18)20-16(2)23;3-2(4,5)1(6)7/h5-8,19H,3-4,9-15H2,1-2H3,(H,20,23);(H,6,7). The average molecular weight is 561 g/mol. The van der Waals surface area contributed by atoms with Crippen LogP contribution in [0.2, 0.25) is 0 Å². The highest BCUT2D eigenvalue weighted by atomic mass is 32.2. The van der Waals surface area contributed by atoms with Crippen LogP contribution in [0.25, 0.3) is 0 Å². The number of nitrogens with zero attached hydrogens (tertiary/aromatic N) is 2. The Kier molecular flexibility index (Phi) is 12.2. The molecule has 0 saturated carbocycles. The third-order valence-electron chi connectivity index (χ3n) is 4.88. The monoisotopic (exact) mass is 560 g/mol. The topological polar surface area (TPSA) is 153 Å². The van der Waals surface area contributed by atoms with Crippen molar-refractivity contribution in [3.8, 4) is 0 Å². The second-order valence-corrected chi connectivity index (χ2v) is 11.8. The molecule has 11 nitrogen and oxygen atoms in total. The normalized spacial score (nSPS) is 15.2. The van der Waals surface area contributed by atoms with E-state index in [9.17, 15) is 34.8 Å². The van der Waals surface area contributed by atoms with Crippen molar-refractivity contribution in [3.05, 3.63) is 24.3 Å². The van der Waals surface area contributed by atoms with E-state index in [0.29, 0.717) is 38.3 Å². The lowest BCUT2D eigenvalue weighted by atomic mass is 10.3. The van der Waals surface area contributed by atoms with Crippen molar-refractivity contribution in [2.75, 3.05) is 50.3 Å². The molecular weight excluding hydrogens is 529 g/mol. The van der Waals surface area contributed by atoms with E-state index in [0.717, 1.165) is 6.42 Å². The molecule has 2 rings (SSSR count). The number of amides is 1. The van der Waals surface area contributed by atoms with E-state index in [4.69, 9.17) is 9.90 Å². The highest BCUT2D eigenvalue weighted by molar-refractivity contribution is 7.90. The summed E-state index contributed by atoms with van der Waals surface area (Å²) < 4.78 is 85.8. The Bertz CT molecular complexity index is 1070. The molecule has 206 valence electrons. The molecule has 1 aliphatic heterocycles. The van der Waals surface area contributed by atoms with Gasteiger partial charge in [-0.2, -0.15) is 21.8 Å². The van der Waals surface area contributed by atoms with Crippen LogP contribution in [0, 0.1) is 0 Å². The number of carboxylic acids is 1. The van der Waals surface area contributed by atoms with Gasteiger partial charge in [0.05, 0.1) is 10.6 Å². The van der Waals surface area contributed by atoms with Crippen molar-refractivity contribution < 1.29 is 44.7 Å². The van der Waals surface area contributed by atoms with E-state index in [1.165, 1.54) is 39.8 Å². The minimum atomic E-state index is -5.08. The summed E-state index contributed by atoms with van der Waals surface area (Å²) in [5.41, 5.74) is 0.498. The molecule has 1 saturated heterocycles. The lowest BCUT2D eigenvalue weighted by molar-refractivity contribution is -0.192. The SMILES string of the molecule is CCCCN(CCS(=O)(=O)N1CCNCC1)S(=O)(=O)c1ccc(NC(C)=O)cc1.O=C(O)C(F)(F)F. The molecule has 0 aromatic heterocycles. The van der Waals surface area contributed by atoms with Crippen LogP contribution in [0.3, 0.4) is 0 Å². The Morgan fingerprint density at radius 2 is 1.61 bits per heavy atom. The number of rotatable bonds is 10. The van der Waals surface area contributed by atoms with E-state index >= 15 is 0 Å². The van der Waals surface area contributed by atoms with Gasteiger partial charge in [-0.15, -0.1) is 0 Å². The summed E-state index contributed by atoms with van der Waals surface area (Å²) in [5.74, 6) is -3.25. The number of piperazine rings is 1. The molecule has 0 atom stereocenters. The average Bonchev–Trinajstić information content (AvgIpc) is 2.79. The number of halogens is 3. The van der Waals surface area contributed by atoms with Gasteiger partial charge in [0.25, 0.3) is 0 Å². The fourth-order valence-electron chi connectivity index (χ4n) is 3.02. The molecule has 1 aliphatic rings. The smallest absolute Gasteiger partial charge is 0.475 e. The number of carbonyl (C=O) groups excluding carboxylic acids is 1. The first-order valence-electron chi connectivity index (χ1n) is 11.0. The van der Waals surface area contributed by atoms with Crippen LogP contribution in [-0.2, 0) is 29.6 Å². The lowest BCUT2D eigenvalue weighted by Gasteiger charge is -2.28. The summed E-state index contributed by atoms with van der Waals surface area (Å²) in [5, 5.41) is 12.8. The molecule has 36 heavy (non-hydrogen) atoms. The van der Waals surface area contributed by atoms with Gasteiger partial charge in [0.1, 0.15) is 0 Å². The quantitative estimate of drug-likeness (QED) is 0.387. The predicted octanol–water partition coefficient (Wildman–Crippen LogP) is 1.30. The molecule has 1 aromatic carbocycles. The third-order valence-corrected chi connectivity index (χ3v) is 8.65. The van der Waals surface area contributed by atoms with E-state index in [1.807, 2.05) is 6.92 Å². The number of carbonyl (C=O) groups is 2. The lowest BCUT2D eigenvalue weighted by Crippen LogP contribution is -2.48. The maximum atomic E-state index is 13.1. The Labute approximate surface area is 208 Å². The molecule has 0 bridgehead atoms. The van der Waals surface area contributed by atoms with E-state index < -0.39 is 32.2 Å². The maximum absolute atomic E-state index is 13.1. The summed E-state index contributed by atoms with van der Waals surface area (Å²) in [6, 6.07) is 5.88. The number of alkyl halides is 3. The van der Waals surface area contributed by atoms with Crippen LogP contribution in [0.4, 0.5) is 18.9 Å². The van der Waals surface area contributed by atoms with Gasteiger partial charge in [-0.3, -0.25) is 4.79 Å². The molecule has 3 N–H and O–H groups in total. The molecule has 0 radical (unpaired) electrons. The van der Waals surface area contributed by atoms with Crippen molar-refractivity contribution in [2.24, 2.45) is 0 Å². The minimum Gasteiger partial charge on any atom is -0.475 e. The number of unbranched alkanes of at least 4 members (excludes halogenated alkanes) is 1. The molecule has 0 unspecified atom stereocenters. The fourth-order valence-corrected chi connectivity index (χ4v) is 6.06. The van der Waals surface area contributed by atoms with Gasteiger partial charge in [0.15, 0.2) is 0 Å². The highest BCUT2D eigenvalue weighted by Gasteiger charge is 2.38. The predicted molar refractivity (Wildman–Crippen MR) is 126 cm³/mol. The van der Waals surface area contributed by atoms with Gasteiger partial charge in [0.2, 0.25) is 26.0 Å². The number of aliphatic carboxylic acids is 1. The first kappa shape index (κ1) is 31.8. The second-order valence-electron chi connectivity index (χ2n) is 7.73. The number of nitrogens with one attached hydrogen (secondary N) is 2. The summed E-state index contributed by atoms with van der Waals surface area (Å²) in [6.07, 6.45) is -3.66. The van der Waals surface area contributed by atoms with Crippen LogP contribution in [0.1, 0.15) is 26.7 Å². The zero-order chi connectivity index (χ0) is 27.6. The van der Waals surface area contributed by atoms with Gasteiger partial charge >= 0.3 is 12.1 Å². The van der Waals surface area contributed by atoms with Crippen molar-refractivity contribution in [1.82, 2.24) is 13.9 Å². The molecule has 0 spiro atoms. The number of hydrogen-bond acceptors (Lipinski definition) is 7. The number of anilines is 1. The zero-order valence-corrected chi connectivity index (χ0v) is 21.5. The fraction of sp³-hybridized carbons (Fsp3) is 0.600. The number of hydrogen-bond donors (Lipinski definition) is 3. The summed E-state index contributed by atoms with van der Waals surface area (Å²) in [6.45, 7) is 5.46. The number of sulfonamides is 2. The molecule has 1 amide bonds. The maximum Gasteiger partial charge on any atom is 0.490 e. The van der Waals surface area contributed by atoms with Crippen LogP contribution in [-0.4, -0.2) is 93.6 Å². The van der Waals surface area contributed by atoms with Gasteiger partial charge in [-0.1, -0.05) is 13.3 Å². The Balaban J connectivity index is 0.000000809. The number of carboxylic acid groups (broad SMARTS) is 1. The highest BCUT2D eigenvalue weighted by Crippen LogP contribution is 2.20. The summed E-state index contributed by atoms with van der Waals surface area (Å²) in [7, 11) is -7.37. The van der Waals surface area contributed by atoms with Crippen molar-refractivity contribution in [3.63, 3.8) is 0 Å². The summed E-state index contributed by atoms with van der Waals surface area (Å²) >= 11 is 0. The largest absolute Gasteiger partial charge is 0.490 e. The molecule has 1 heterocycles. The van der Waals surface area contributed by atoms with Gasteiger partial charge in [-0.05, 0) is 30.7 Å². The molecule has 1 fully saturated rings. The van der Waals surface area contributed by atoms with Crippen LogP contribution in [0.5, 0.6) is 0 Å². The van der Waals surface area contributed by atoms with Gasteiger partial charge in [0, 0.05) is 51.9 Å². The molecular formula is C20H31F3N4O7S2. The van der Waals surface area contributed by atoms with Crippen LogP contribution < -0.4 is 10.6 Å². The second kappa shape index (κ2) is 13.9. The van der Waals surface area contributed by atoms with Crippen LogP contribution in [0.15, 0.2) is 29.2 Å². The van der Waals surface area contributed by atoms with E-state index in [1.54, 1.807) is 0 Å². The Morgan fingerprint density at radius 1 is 1.08 bits per heavy atom. The Morgan fingerprint density at radius 3 is 2.06 bits per heavy atom. The van der Waals surface area contributed by atoms with Gasteiger partial charge in [-0.25, -0.2) is 21.6 Å². The van der Waals surface area contributed by atoms with E-state index in [2.05, 4.69) is 10.6 Å². The third kappa shape index (κ3) is 10.4. The molecule has 16 heteroatoms. The van der Waals surface area contributed by atoms with Crippen molar-refractivity contribution in [2.45, 2.75) is 37.8 Å². The Hall–Kier alpha value is -2.27. The summed E-state index contributed by atoms with van der Waals surface area (Å²) in [4.78, 5) is 20.1. The first-order valence-corrected chi connectivity index (χ1v) is 14.0. The molecule has 1 aromatic rings. The first-order chi connectivity index (χ1) is 16.6. The van der Waals surface area contributed by atoms with Gasteiger partial charge < -0.3 is 15.7 Å². The minimum absolute atomic E-state index is 0.0716. The zero-order valence-electron chi connectivity index (χ0n) is 19.9.